The molecular formula is C13H15NO2. The van der Waals surface area contributed by atoms with Crippen molar-refractivity contribution >= 4 is 5.97 Å². The van der Waals surface area contributed by atoms with Gasteiger partial charge in [0.25, 0.3) is 0 Å². The van der Waals surface area contributed by atoms with E-state index in [0.717, 1.165) is 37.1 Å². The number of fused-ring (bicyclic) bond motifs is 2. The zero-order valence-corrected chi connectivity index (χ0v) is 9.38. The van der Waals surface area contributed by atoms with E-state index < -0.39 is 0 Å². The van der Waals surface area contributed by atoms with Crippen LogP contribution in [0.5, 0.6) is 0 Å². The highest BCUT2D eigenvalue weighted by Gasteiger charge is 2.46. The van der Waals surface area contributed by atoms with Crippen molar-refractivity contribution in [2.24, 2.45) is 0 Å². The van der Waals surface area contributed by atoms with E-state index in [-0.39, 0.29) is 11.6 Å². The Morgan fingerprint density at radius 1 is 1.31 bits per heavy atom. The monoisotopic (exact) mass is 217 g/mol. The van der Waals surface area contributed by atoms with Crippen LogP contribution in [0.1, 0.15) is 34.3 Å². The minimum Gasteiger partial charge on any atom is -0.450 e. The van der Waals surface area contributed by atoms with Crippen LogP contribution < -0.4 is 5.32 Å². The Balaban J connectivity index is 2.16. The second-order valence-corrected chi connectivity index (χ2v) is 4.63. The maximum atomic E-state index is 11.8. The molecule has 1 aromatic rings. The molecule has 1 aromatic carbocycles. The first-order chi connectivity index (χ1) is 7.73. The zero-order valence-electron chi connectivity index (χ0n) is 9.38. The van der Waals surface area contributed by atoms with E-state index in [9.17, 15) is 4.79 Å². The molecule has 3 heteroatoms. The first-order valence-electron chi connectivity index (χ1n) is 5.77. The number of benzene rings is 1. The third-order valence-corrected chi connectivity index (χ3v) is 3.65. The molecule has 2 aliphatic rings. The van der Waals surface area contributed by atoms with Gasteiger partial charge in [-0.1, -0.05) is 12.1 Å². The maximum absolute atomic E-state index is 11.8. The highest BCUT2D eigenvalue weighted by atomic mass is 16.6. The number of hydrogen-bond donors (Lipinski definition) is 1. The van der Waals surface area contributed by atoms with Crippen LogP contribution in [0.4, 0.5) is 0 Å². The summed E-state index contributed by atoms with van der Waals surface area (Å²) in [4.78, 5) is 11.8. The van der Waals surface area contributed by atoms with Crippen molar-refractivity contribution in [2.45, 2.75) is 25.4 Å². The molecule has 1 N–H and O–H groups in total. The molecule has 0 aliphatic carbocycles. The summed E-state index contributed by atoms with van der Waals surface area (Å²) in [6, 6.07) is 5.86. The lowest BCUT2D eigenvalue weighted by atomic mass is 9.82. The fourth-order valence-corrected chi connectivity index (χ4v) is 2.91. The minimum absolute atomic E-state index is 0.152. The summed E-state index contributed by atoms with van der Waals surface area (Å²) in [6.45, 7) is 3.90. The highest BCUT2D eigenvalue weighted by Crippen LogP contribution is 2.44. The predicted molar refractivity (Wildman–Crippen MR) is 60.4 cm³/mol. The molecule has 0 aromatic heterocycles. The van der Waals surface area contributed by atoms with Gasteiger partial charge in [0.1, 0.15) is 5.60 Å². The van der Waals surface area contributed by atoms with Crippen LogP contribution in [0.25, 0.3) is 0 Å². The summed E-state index contributed by atoms with van der Waals surface area (Å²) in [5.41, 5.74) is 2.72. The number of rotatable bonds is 0. The summed E-state index contributed by atoms with van der Waals surface area (Å²) in [5.74, 6) is -0.152. The van der Waals surface area contributed by atoms with E-state index in [2.05, 4.69) is 18.3 Å². The van der Waals surface area contributed by atoms with Gasteiger partial charge in [-0.2, -0.15) is 0 Å². The van der Waals surface area contributed by atoms with Gasteiger partial charge in [-0.05, 0) is 31.6 Å². The fourth-order valence-electron chi connectivity index (χ4n) is 2.91. The molecule has 1 fully saturated rings. The van der Waals surface area contributed by atoms with Crippen LogP contribution >= 0.6 is 0 Å². The lowest BCUT2D eigenvalue weighted by Crippen LogP contribution is -2.40. The van der Waals surface area contributed by atoms with Gasteiger partial charge in [-0.25, -0.2) is 4.79 Å². The molecule has 0 unspecified atom stereocenters. The van der Waals surface area contributed by atoms with Crippen molar-refractivity contribution in [3.8, 4) is 0 Å². The third-order valence-electron chi connectivity index (χ3n) is 3.65. The second kappa shape index (κ2) is 3.32. The van der Waals surface area contributed by atoms with Crippen LogP contribution in [0.2, 0.25) is 0 Å². The number of ether oxygens (including phenoxy) is 1. The normalized spacial score (nSPS) is 21.9. The molecule has 16 heavy (non-hydrogen) atoms. The lowest BCUT2D eigenvalue weighted by molar-refractivity contribution is -0.0244. The number of nitrogens with one attached hydrogen (secondary N) is 1. The summed E-state index contributed by atoms with van der Waals surface area (Å²) < 4.78 is 5.66. The van der Waals surface area contributed by atoms with Crippen molar-refractivity contribution < 1.29 is 9.53 Å². The van der Waals surface area contributed by atoms with Crippen LogP contribution in [-0.4, -0.2) is 19.1 Å². The van der Waals surface area contributed by atoms with E-state index in [1.807, 2.05) is 12.1 Å². The van der Waals surface area contributed by atoms with Gasteiger partial charge in [0, 0.05) is 18.4 Å². The van der Waals surface area contributed by atoms with E-state index >= 15 is 0 Å². The van der Waals surface area contributed by atoms with Crippen molar-refractivity contribution in [1.29, 1.82) is 0 Å². The van der Waals surface area contributed by atoms with Crippen molar-refractivity contribution in [1.82, 2.24) is 5.32 Å². The molecule has 3 rings (SSSR count). The topological polar surface area (TPSA) is 38.3 Å². The van der Waals surface area contributed by atoms with Crippen LogP contribution in [-0.2, 0) is 10.3 Å². The molecule has 0 radical (unpaired) electrons. The van der Waals surface area contributed by atoms with Crippen molar-refractivity contribution in [2.75, 3.05) is 13.1 Å². The van der Waals surface area contributed by atoms with E-state index in [1.165, 1.54) is 5.56 Å². The molecule has 3 nitrogen and oxygen atoms in total. The van der Waals surface area contributed by atoms with Crippen molar-refractivity contribution in [3.05, 3.63) is 34.9 Å². The molecular weight excluding hydrogens is 202 g/mol. The number of piperidine rings is 1. The Labute approximate surface area is 94.8 Å². The van der Waals surface area contributed by atoms with Gasteiger partial charge in [0.15, 0.2) is 0 Å². The first-order valence-corrected chi connectivity index (χ1v) is 5.77. The molecule has 0 atom stereocenters. The Hall–Kier alpha value is -1.35. The molecule has 0 bridgehead atoms. The number of carbonyl (C=O) groups is 1. The van der Waals surface area contributed by atoms with Crippen LogP contribution in [0.3, 0.4) is 0 Å². The fraction of sp³-hybridized carbons (Fsp3) is 0.462. The molecule has 2 aliphatic heterocycles. The smallest absolute Gasteiger partial charge is 0.339 e. The number of aryl methyl sites for hydroxylation is 1. The van der Waals surface area contributed by atoms with E-state index in [1.54, 1.807) is 0 Å². The lowest BCUT2D eigenvalue weighted by Gasteiger charge is -2.33. The Morgan fingerprint density at radius 2 is 2.06 bits per heavy atom. The summed E-state index contributed by atoms with van der Waals surface area (Å²) in [7, 11) is 0. The van der Waals surface area contributed by atoms with Gasteiger partial charge in [0.05, 0.1) is 5.56 Å². The van der Waals surface area contributed by atoms with Crippen molar-refractivity contribution in [3.63, 3.8) is 0 Å². The average molecular weight is 217 g/mol. The summed E-state index contributed by atoms with van der Waals surface area (Å²) >= 11 is 0. The van der Waals surface area contributed by atoms with Gasteiger partial charge >= 0.3 is 5.97 Å². The van der Waals surface area contributed by atoms with E-state index in [0.29, 0.717) is 0 Å². The zero-order chi connectivity index (χ0) is 11.2. The number of hydrogen-bond acceptors (Lipinski definition) is 3. The highest BCUT2D eigenvalue weighted by molar-refractivity contribution is 5.95. The Kier molecular flexibility index (Phi) is 2.04. The van der Waals surface area contributed by atoms with Crippen LogP contribution in [0.15, 0.2) is 18.2 Å². The predicted octanol–water partition coefficient (Wildman–Crippen LogP) is 1.74. The summed E-state index contributed by atoms with van der Waals surface area (Å²) in [5, 5.41) is 3.31. The van der Waals surface area contributed by atoms with Crippen LogP contribution in [0, 0.1) is 6.92 Å². The molecule has 1 saturated heterocycles. The molecule has 0 amide bonds. The van der Waals surface area contributed by atoms with E-state index in [4.69, 9.17) is 4.74 Å². The second-order valence-electron chi connectivity index (χ2n) is 4.63. The summed E-state index contributed by atoms with van der Waals surface area (Å²) in [6.07, 6.45) is 1.77. The quantitative estimate of drug-likeness (QED) is 0.673. The Bertz CT molecular complexity index is 447. The average Bonchev–Trinajstić information content (AvgIpc) is 2.55. The molecule has 84 valence electrons. The SMILES string of the molecule is Cc1cccc2c1C1(CCNCC1)OC2=O. The molecule has 2 heterocycles. The van der Waals surface area contributed by atoms with Gasteiger partial charge in [-0.3, -0.25) is 0 Å². The maximum Gasteiger partial charge on any atom is 0.339 e. The first kappa shape index (κ1) is 9.85. The molecule has 0 saturated carbocycles. The largest absolute Gasteiger partial charge is 0.450 e. The number of carbonyl (C=O) groups excluding carboxylic acids is 1. The third kappa shape index (κ3) is 1.21. The minimum atomic E-state index is -0.344. The van der Waals surface area contributed by atoms with Gasteiger partial charge < -0.3 is 10.1 Å². The van der Waals surface area contributed by atoms with Gasteiger partial charge in [0.2, 0.25) is 0 Å². The van der Waals surface area contributed by atoms with Gasteiger partial charge in [-0.15, -0.1) is 0 Å². The Morgan fingerprint density at radius 3 is 2.81 bits per heavy atom. The number of esters is 1. The standard InChI is InChI=1S/C13H15NO2/c1-9-3-2-4-10-11(9)13(16-12(10)15)5-7-14-8-6-13/h2-4,14H,5-8H2,1H3. The molecule has 1 spiro atoms.